The molecule has 1 unspecified atom stereocenters. The molecule has 152 valence electrons. The van der Waals surface area contributed by atoms with Gasteiger partial charge in [0.05, 0.1) is 5.39 Å². The van der Waals surface area contributed by atoms with Gasteiger partial charge < -0.3 is 9.73 Å². The first-order valence-corrected chi connectivity index (χ1v) is 9.42. The Bertz CT molecular complexity index is 1200. The lowest BCUT2D eigenvalue weighted by Gasteiger charge is -2.21. The number of nitrogens with one attached hydrogen (secondary N) is 2. The van der Waals surface area contributed by atoms with E-state index in [0.717, 1.165) is 11.6 Å². The van der Waals surface area contributed by atoms with E-state index in [1.807, 2.05) is 30.3 Å². The van der Waals surface area contributed by atoms with Crippen molar-refractivity contribution in [2.24, 2.45) is 0 Å². The van der Waals surface area contributed by atoms with Gasteiger partial charge in [-0.05, 0) is 37.5 Å². The summed E-state index contributed by atoms with van der Waals surface area (Å²) in [5.74, 6) is -1.74. The maximum Gasteiger partial charge on any atom is 0.344 e. The Balaban J connectivity index is 1.50. The first-order chi connectivity index (χ1) is 14.4. The molecule has 1 fully saturated rings. The van der Waals surface area contributed by atoms with Crippen molar-refractivity contribution < 1.29 is 18.8 Å². The molecule has 2 heterocycles. The number of amides is 4. The summed E-state index contributed by atoms with van der Waals surface area (Å²) in [7, 11) is 0. The van der Waals surface area contributed by atoms with Crippen LogP contribution in [0.15, 0.2) is 69.9 Å². The predicted molar refractivity (Wildman–Crippen MR) is 108 cm³/mol. The highest BCUT2D eigenvalue weighted by Gasteiger charge is 2.48. The summed E-state index contributed by atoms with van der Waals surface area (Å²) in [6.45, 7) is 1.61. The highest BCUT2D eigenvalue weighted by atomic mass is 16.3. The number of fused-ring (bicyclic) bond motifs is 1. The normalized spacial score (nSPS) is 18.5. The standard InChI is InChI=1S/C22H19N3O5/c1-22(12-11-14-7-3-2-4-8-14)20(28)25(21(29)23-22)24-19(27)18-13-16(26)15-9-5-6-10-17(15)30-18/h2-10,13H,11-12H2,1H3,(H,23,29)(H,24,27). The minimum atomic E-state index is -1.16. The van der Waals surface area contributed by atoms with E-state index in [2.05, 4.69) is 10.7 Å². The topological polar surface area (TPSA) is 109 Å². The van der Waals surface area contributed by atoms with Gasteiger partial charge in [-0.15, -0.1) is 0 Å². The highest BCUT2D eigenvalue weighted by molar-refractivity contribution is 6.08. The molecule has 4 amide bonds. The summed E-state index contributed by atoms with van der Waals surface area (Å²) in [4.78, 5) is 49.9. The lowest BCUT2D eigenvalue weighted by molar-refractivity contribution is -0.132. The van der Waals surface area contributed by atoms with Gasteiger partial charge in [0.1, 0.15) is 11.1 Å². The predicted octanol–water partition coefficient (Wildman–Crippen LogP) is 2.38. The van der Waals surface area contributed by atoms with Crippen molar-refractivity contribution in [3.8, 4) is 0 Å². The van der Waals surface area contributed by atoms with Crippen LogP contribution >= 0.6 is 0 Å². The van der Waals surface area contributed by atoms with Crippen molar-refractivity contribution >= 4 is 28.8 Å². The molecule has 1 atom stereocenters. The van der Waals surface area contributed by atoms with E-state index in [4.69, 9.17) is 4.42 Å². The van der Waals surface area contributed by atoms with Crippen LogP contribution in [-0.4, -0.2) is 28.4 Å². The number of carbonyl (C=O) groups is 3. The molecule has 0 spiro atoms. The fraction of sp³-hybridized carbons (Fsp3) is 0.182. The molecule has 1 aliphatic rings. The summed E-state index contributed by atoms with van der Waals surface area (Å²) in [6.07, 6.45) is 0.934. The van der Waals surface area contributed by atoms with Crippen molar-refractivity contribution in [2.75, 3.05) is 0 Å². The van der Waals surface area contributed by atoms with Crippen LogP contribution in [0.25, 0.3) is 11.0 Å². The smallest absolute Gasteiger partial charge is 0.344 e. The third-order valence-electron chi connectivity index (χ3n) is 5.09. The molecule has 0 radical (unpaired) electrons. The second-order valence-corrected chi connectivity index (χ2v) is 7.30. The molecule has 1 aromatic heterocycles. The number of para-hydroxylation sites is 1. The molecule has 0 saturated carbocycles. The second-order valence-electron chi connectivity index (χ2n) is 7.30. The number of hydrogen-bond acceptors (Lipinski definition) is 5. The van der Waals surface area contributed by atoms with E-state index in [9.17, 15) is 19.2 Å². The number of hydrazine groups is 1. The van der Waals surface area contributed by atoms with Crippen LogP contribution in [-0.2, 0) is 11.2 Å². The van der Waals surface area contributed by atoms with Gasteiger partial charge in [0.15, 0.2) is 11.2 Å². The third kappa shape index (κ3) is 3.55. The summed E-state index contributed by atoms with van der Waals surface area (Å²) < 4.78 is 5.46. The van der Waals surface area contributed by atoms with E-state index in [1.165, 1.54) is 0 Å². The molecule has 8 heteroatoms. The molecule has 2 N–H and O–H groups in total. The van der Waals surface area contributed by atoms with Gasteiger partial charge in [-0.1, -0.05) is 42.5 Å². The zero-order valence-electron chi connectivity index (χ0n) is 16.2. The highest BCUT2D eigenvalue weighted by Crippen LogP contribution is 2.22. The van der Waals surface area contributed by atoms with Crippen LogP contribution in [0.1, 0.15) is 29.5 Å². The van der Waals surface area contributed by atoms with Crippen LogP contribution in [0.4, 0.5) is 4.79 Å². The monoisotopic (exact) mass is 405 g/mol. The van der Waals surface area contributed by atoms with Crippen molar-refractivity contribution in [1.29, 1.82) is 0 Å². The van der Waals surface area contributed by atoms with Gasteiger partial charge in [-0.3, -0.25) is 14.4 Å². The van der Waals surface area contributed by atoms with Gasteiger partial charge in [-0.2, -0.15) is 5.01 Å². The molecule has 8 nitrogen and oxygen atoms in total. The minimum Gasteiger partial charge on any atom is -0.451 e. The number of aryl methyl sites for hydroxylation is 1. The summed E-state index contributed by atoms with van der Waals surface area (Å²) in [6, 6.07) is 16.4. The van der Waals surface area contributed by atoms with Gasteiger partial charge in [0.2, 0.25) is 0 Å². The van der Waals surface area contributed by atoms with Crippen molar-refractivity contribution in [3.63, 3.8) is 0 Å². The first-order valence-electron chi connectivity index (χ1n) is 9.42. The number of carbonyl (C=O) groups excluding carboxylic acids is 3. The fourth-order valence-corrected chi connectivity index (χ4v) is 3.37. The number of rotatable bonds is 5. The maximum atomic E-state index is 12.8. The third-order valence-corrected chi connectivity index (χ3v) is 5.09. The Hall–Kier alpha value is -3.94. The Morgan fingerprint density at radius 2 is 1.77 bits per heavy atom. The SMILES string of the molecule is CC1(CCc2ccccc2)NC(=O)N(NC(=O)c2cc(=O)c3ccccc3o2)C1=O. The number of hydrogen-bond donors (Lipinski definition) is 2. The molecule has 0 bridgehead atoms. The average Bonchev–Trinajstić information content (AvgIpc) is 2.96. The summed E-state index contributed by atoms with van der Waals surface area (Å²) in [5, 5.41) is 3.59. The Kier molecular flexibility index (Phi) is 4.83. The number of nitrogens with zero attached hydrogens (tertiary/aromatic N) is 1. The second kappa shape index (κ2) is 7.47. The number of imide groups is 1. The Labute approximate surface area is 171 Å². The molecule has 30 heavy (non-hydrogen) atoms. The Morgan fingerprint density at radius 1 is 1.07 bits per heavy atom. The molecule has 1 saturated heterocycles. The first kappa shape index (κ1) is 19.4. The van der Waals surface area contributed by atoms with Gasteiger partial charge in [0, 0.05) is 6.07 Å². The minimum absolute atomic E-state index is 0.236. The van der Waals surface area contributed by atoms with E-state index in [1.54, 1.807) is 31.2 Å². The number of urea groups is 1. The fourth-order valence-electron chi connectivity index (χ4n) is 3.37. The van der Waals surface area contributed by atoms with Crippen LogP contribution < -0.4 is 16.2 Å². The number of benzene rings is 2. The van der Waals surface area contributed by atoms with Gasteiger partial charge >= 0.3 is 11.9 Å². The van der Waals surface area contributed by atoms with E-state index < -0.39 is 28.8 Å². The molecule has 3 aromatic rings. The zero-order chi connectivity index (χ0) is 21.3. The van der Waals surface area contributed by atoms with Crippen LogP contribution in [0.5, 0.6) is 0 Å². The molecule has 2 aromatic carbocycles. The zero-order valence-corrected chi connectivity index (χ0v) is 16.2. The summed E-state index contributed by atoms with van der Waals surface area (Å²) in [5.41, 5.74) is 1.95. The molecule has 1 aliphatic heterocycles. The molecular weight excluding hydrogens is 386 g/mol. The lowest BCUT2D eigenvalue weighted by atomic mass is 9.93. The van der Waals surface area contributed by atoms with E-state index in [0.29, 0.717) is 23.2 Å². The largest absolute Gasteiger partial charge is 0.451 e. The van der Waals surface area contributed by atoms with Crippen LogP contribution in [0.3, 0.4) is 0 Å². The molecule has 4 rings (SSSR count). The molecule has 0 aliphatic carbocycles. The molecular formula is C22H19N3O5. The van der Waals surface area contributed by atoms with Crippen molar-refractivity contribution in [3.05, 3.63) is 82.2 Å². The van der Waals surface area contributed by atoms with Crippen LogP contribution in [0.2, 0.25) is 0 Å². The van der Waals surface area contributed by atoms with Gasteiger partial charge in [0.25, 0.3) is 5.91 Å². The van der Waals surface area contributed by atoms with Gasteiger partial charge in [-0.25, -0.2) is 10.2 Å². The van der Waals surface area contributed by atoms with E-state index in [-0.39, 0.29) is 11.3 Å². The van der Waals surface area contributed by atoms with E-state index >= 15 is 0 Å². The lowest BCUT2D eigenvalue weighted by Crippen LogP contribution is -2.49. The summed E-state index contributed by atoms with van der Waals surface area (Å²) >= 11 is 0. The Morgan fingerprint density at radius 3 is 2.53 bits per heavy atom. The average molecular weight is 405 g/mol. The van der Waals surface area contributed by atoms with Crippen molar-refractivity contribution in [1.82, 2.24) is 15.8 Å². The maximum absolute atomic E-state index is 12.8. The quantitative estimate of drug-likeness (QED) is 0.634. The van der Waals surface area contributed by atoms with Crippen LogP contribution in [0, 0.1) is 0 Å². The van der Waals surface area contributed by atoms with Crippen molar-refractivity contribution in [2.45, 2.75) is 25.3 Å².